The van der Waals surface area contributed by atoms with Crippen molar-refractivity contribution in [3.8, 4) is 0 Å². The zero-order chi connectivity index (χ0) is 12.8. The maximum atomic E-state index is 12.9. The van der Waals surface area contributed by atoms with Crippen LogP contribution in [0.15, 0.2) is 35.0 Å². The van der Waals surface area contributed by atoms with E-state index in [1.54, 1.807) is 6.21 Å². The van der Waals surface area contributed by atoms with Gasteiger partial charge in [0.15, 0.2) is 11.6 Å². The summed E-state index contributed by atoms with van der Waals surface area (Å²) in [6.45, 7) is 0.140. The summed E-state index contributed by atoms with van der Waals surface area (Å²) in [6.07, 6.45) is 8.36. The minimum absolute atomic E-state index is 0.140. The number of hydrogen-bond donors (Lipinski definition) is 0. The molecule has 0 aliphatic heterocycles. The van der Waals surface area contributed by atoms with Crippen molar-refractivity contribution in [2.75, 3.05) is 0 Å². The molecule has 4 heteroatoms. The zero-order valence-corrected chi connectivity index (χ0v) is 10.0. The average molecular weight is 251 g/mol. The van der Waals surface area contributed by atoms with Gasteiger partial charge in [-0.3, -0.25) is 0 Å². The first-order valence-electron chi connectivity index (χ1n) is 6.04. The van der Waals surface area contributed by atoms with Crippen LogP contribution in [0.25, 0.3) is 0 Å². The molecule has 0 saturated carbocycles. The molecule has 0 aromatic heterocycles. The van der Waals surface area contributed by atoms with Crippen LogP contribution < -0.4 is 0 Å². The topological polar surface area (TPSA) is 21.6 Å². The molecule has 0 saturated heterocycles. The lowest BCUT2D eigenvalue weighted by Crippen LogP contribution is -1.94. The van der Waals surface area contributed by atoms with Gasteiger partial charge in [0.25, 0.3) is 0 Å². The van der Waals surface area contributed by atoms with Gasteiger partial charge in [-0.25, -0.2) is 8.78 Å². The van der Waals surface area contributed by atoms with Crippen molar-refractivity contribution in [1.29, 1.82) is 0 Å². The Morgan fingerprint density at radius 3 is 2.83 bits per heavy atom. The van der Waals surface area contributed by atoms with Gasteiger partial charge in [-0.15, -0.1) is 0 Å². The summed E-state index contributed by atoms with van der Waals surface area (Å²) < 4.78 is 25.6. The first-order chi connectivity index (χ1) is 8.75. The number of allylic oxidation sites excluding steroid dienone is 2. The van der Waals surface area contributed by atoms with Gasteiger partial charge in [0.05, 0.1) is 6.21 Å². The third kappa shape index (κ3) is 3.65. The summed E-state index contributed by atoms with van der Waals surface area (Å²) in [6, 6.07) is 3.68. The first-order valence-corrected chi connectivity index (χ1v) is 6.04. The number of nitrogens with zero attached hydrogens (tertiary/aromatic N) is 1. The Labute approximate surface area is 105 Å². The molecule has 0 unspecified atom stereocenters. The second kappa shape index (κ2) is 6.28. The van der Waals surface area contributed by atoms with Crippen LogP contribution in [-0.4, -0.2) is 6.21 Å². The van der Waals surface area contributed by atoms with E-state index in [1.807, 2.05) is 0 Å². The predicted octanol–water partition coefficient (Wildman–Crippen LogP) is 3.97. The van der Waals surface area contributed by atoms with Crippen molar-refractivity contribution in [2.45, 2.75) is 32.3 Å². The molecule has 0 atom stereocenters. The van der Waals surface area contributed by atoms with Crippen LogP contribution >= 0.6 is 0 Å². The van der Waals surface area contributed by atoms with Crippen molar-refractivity contribution in [3.63, 3.8) is 0 Å². The van der Waals surface area contributed by atoms with E-state index < -0.39 is 11.6 Å². The van der Waals surface area contributed by atoms with Crippen LogP contribution in [0.3, 0.4) is 0 Å². The molecule has 18 heavy (non-hydrogen) atoms. The number of hydrogen-bond acceptors (Lipinski definition) is 2. The van der Waals surface area contributed by atoms with Gasteiger partial charge in [0, 0.05) is 0 Å². The van der Waals surface area contributed by atoms with E-state index >= 15 is 0 Å². The van der Waals surface area contributed by atoms with Crippen LogP contribution in [-0.2, 0) is 11.4 Å². The van der Waals surface area contributed by atoms with Gasteiger partial charge in [0.2, 0.25) is 0 Å². The third-order valence-corrected chi connectivity index (χ3v) is 2.83. The highest BCUT2D eigenvalue weighted by atomic mass is 19.2. The van der Waals surface area contributed by atoms with Crippen molar-refractivity contribution in [1.82, 2.24) is 0 Å². The van der Waals surface area contributed by atoms with E-state index in [-0.39, 0.29) is 6.61 Å². The maximum Gasteiger partial charge on any atom is 0.159 e. The van der Waals surface area contributed by atoms with Gasteiger partial charge in [-0.05, 0) is 49.0 Å². The molecule has 2 rings (SSSR count). The monoisotopic (exact) mass is 251 g/mol. The van der Waals surface area contributed by atoms with Crippen LogP contribution in [0, 0.1) is 11.6 Å². The summed E-state index contributed by atoms with van der Waals surface area (Å²) in [5, 5.41) is 3.83. The van der Waals surface area contributed by atoms with Gasteiger partial charge in [-0.1, -0.05) is 17.3 Å². The van der Waals surface area contributed by atoms with Crippen molar-refractivity contribution < 1.29 is 13.6 Å². The maximum absolute atomic E-state index is 12.9. The lowest BCUT2D eigenvalue weighted by Gasteiger charge is -2.07. The second-order valence-corrected chi connectivity index (χ2v) is 4.28. The van der Waals surface area contributed by atoms with Gasteiger partial charge in [-0.2, -0.15) is 0 Å². The van der Waals surface area contributed by atoms with Crippen molar-refractivity contribution in [2.24, 2.45) is 5.16 Å². The molecule has 1 aliphatic rings. The van der Waals surface area contributed by atoms with E-state index in [0.717, 1.165) is 25.0 Å². The smallest absolute Gasteiger partial charge is 0.159 e. The molecule has 0 heterocycles. The Morgan fingerprint density at radius 1 is 1.22 bits per heavy atom. The summed E-state index contributed by atoms with van der Waals surface area (Å²) in [4.78, 5) is 5.06. The molecule has 1 aromatic rings. The van der Waals surface area contributed by atoms with Crippen LogP contribution in [0.2, 0.25) is 0 Å². The lowest BCUT2D eigenvalue weighted by molar-refractivity contribution is 0.131. The second-order valence-electron chi connectivity index (χ2n) is 4.28. The fourth-order valence-corrected chi connectivity index (χ4v) is 1.83. The summed E-state index contributed by atoms with van der Waals surface area (Å²) in [7, 11) is 0. The Bertz CT molecular complexity index is 469. The molecule has 1 aliphatic carbocycles. The van der Waals surface area contributed by atoms with Gasteiger partial charge in [0.1, 0.15) is 6.61 Å². The number of oxime groups is 1. The first kappa shape index (κ1) is 12.7. The lowest BCUT2D eigenvalue weighted by atomic mass is 10.0. The third-order valence-electron chi connectivity index (χ3n) is 2.83. The number of halogens is 2. The molecule has 0 bridgehead atoms. The number of benzene rings is 1. The van der Waals surface area contributed by atoms with E-state index in [9.17, 15) is 8.78 Å². The van der Waals surface area contributed by atoms with Crippen molar-refractivity contribution >= 4 is 6.21 Å². The summed E-state index contributed by atoms with van der Waals surface area (Å²) >= 11 is 0. The zero-order valence-electron chi connectivity index (χ0n) is 10.0. The SMILES string of the molecule is Fc1ccc(CON=CC2=CCCCC2)cc1F. The largest absolute Gasteiger partial charge is 0.391 e. The van der Waals surface area contributed by atoms with E-state index in [4.69, 9.17) is 4.84 Å². The predicted molar refractivity (Wildman–Crippen MR) is 66.2 cm³/mol. The van der Waals surface area contributed by atoms with E-state index in [1.165, 1.54) is 24.5 Å². The van der Waals surface area contributed by atoms with Crippen LogP contribution in [0.5, 0.6) is 0 Å². The summed E-state index contributed by atoms with van der Waals surface area (Å²) in [5.41, 5.74) is 1.73. The fraction of sp³-hybridized carbons (Fsp3) is 0.357. The molecule has 0 radical (unpaired) electrons. The van der Waals surface area contributed by atoms with Crippen molar-refractivity contribution in [3.05, 3.63) is 47.0 Å². The highest BCUT2D eigenvalue weighted by Gasteiger charge is 2.03. The summed E-state index contributed by atoms with van der Waals surface area (Å²) in [5.74, 6) is -1.72. The van der Waals surface area contributed by atoms with Crippen LogP contribution in [0.1, 0.15) is 31.2 Å². The van der Waals surface area contributed by atoms with Crippen LogP contribution in [0.4, 0.5) is 8.78 Å². The minimum Gasteiger partial charge on any atom is -0.391 e. The fourth-order valence-electron chi connectivity index (χ4n) is 1.83. The molecule has 0 fully saturated rings. The van der Waals surface area contributed by atoms with Gasteiger partial charge >= 0.3 is 0 Å². The quantitative estimate of drug-likeness (QED) is 0.586. The molecule has 0 spiro atoms. The minimum atomic E-state index is -0.866. The Hall–Kier alpha value is -1.71. The molecule has 2 nitrogen and oxygen atoms in total. The standard InChI is InChI=1S/C14H15F2NO/c15-13-7-6-12(8-14(13)16)10-18-17-9-11-4-2-1-3-5-11/h4,6-9H,1-3,5,10H2. The molecule has 0 N–H and O–H groups in total. The Kier molecular flexibility index (Phi) is 4.45. The average Bonchev–Trinajstić information content (AvgIpc) is 2.40. The van der Waals surface area contributed by atoms with E-state index in [2.05, 4.69) is 11.2 Å². The van der Waals surface area contributed by atoms with E-state index in [0.29, 0.717) is 5.56 Å². The Balaban J connectivity index is 1.82. The highest BCUT2D eigenvalue weighted by molar-refractivity contribution is 5.78. The molecular formula is C14H15F2NO. The number of rotatable bonds is 4. The molecule has 96 valence electrons. The molecule has 0 amide bonds. The normalized spacial score (nSPS) is 15.8. The molecular weight excluding hydrogens is 236 g/mol. The van der Waals surface area contributed by atoms with Gasteiger partial charge < -0.3 is 4.84 Å². The highest BCUT2D eigenvalue weighted by Crippen LogP contribution is 2.15. The molecule has 1 aromatic carbocycles. The Morgan fingerprint density at radius 2 is 2.11 bits per heavy atom.